The lowest BCUT2D eigenvalue weighted by Crippen LogP contribution is -2.55. The van der Waals surface area contributed by atoms with E-state index in [2.05, 4.69) is 20.4 Å². The van der Waals surface area contributed by atoms with Crippen LogP contribution >= 0.6 is 12.4 Å². The van der Waals surface area contributed by atoms with Crippen LogP contribution in [0.2, 0.25) is 0 Å². The van der Waals surface area contributed by atoms with Gasteiger partial charge in [0.2, 0.25) is 0 Å². The Morgan fingerprint density at radius 2 is 2.00 bits per heavy atom. The minimum absolute atomic E-state index is 0. The molecule has 0 aliphatic heterocycles. The minimum Gasteiger partial charge on any atom is -0.324 e. The minimum atomic E-state index is 0. The van der Waals surface area contributed by atoms with Crippen LogP contribution in [0.3, 0.4) is 0 Å². The maximum atomic E-state index is 5.92. The van der Waals surface area contributed by atoms with Crippen LogP contribution in [0.15, 0.2) is 12.2 Å². The van der Waals surface area contributed by atoms with Gasteiger partial charge in [0, 0.05) is 6.04 Å². The van der Waals surface area contributed by atoms with Crippen molar-refractivity contribution in [2.24, 2.45) is 23.0 Å². The fourth-order valence-electron chi connectivity index (χ4n) is 2.76. The molecule has 12 heavy (non-hydrogen) atoms. The Kier molecular flexibility index (Phi) is 2.30. The second-order valence-electron chi connectivity index (χ2n) is 4.72. The number of hydrogen-bond acceptors (Lipinski definition) is 1. The highest BCUT2D eigenvalue weighted by Gasteiger charge is 2.53. The number of halogens is 1. The summed E-state index contributed by atoms with van der Waals surface area (Å²) in [5.41, 5.74) is 7.73. The third-order valence-electron chi connectivity index (χ3n) is 3.93. The lowest BCUT2D eigenvalue weighted by Gasteiger charge is -2.59. The van der Waals surface area contributed by atoms with Gasteiger partial charge in [0.15, 0.2) is 0 Å². The fourth-order valence-corrected chi connectivity index (χ4v) is 2.76. The van der Waals surface area contributed by atoms with Crippen LogP contribution in [0.4, 0.5) is 0 Å². The molecule has 3 aliphatic rings. The predicted octanol–water partition coefficient (Wildman–Crippen LogP) is 2.36. The topological polar surface area (TPSA) is 26.0 Å². The van der Waals surface area contributed by atoms with E-state index in [0.717, 1.165) is 11.8 Å². The zero-order valence-corrected chi connectivity index (χ0v) is 8.66. The van der Waals surface area contributed by atoms with Crippen molar-refractivity contribution in [2.45, 2.75) is 32.7 Å². The van der Waals surface area contributed by atoms with Gasteiger partial charge in [0.25, 0.3) is 0 Å². The summed E-state index contributed by atoms with van der Waals surface area (Å²) in [6.45, 7) is 8.78. The summed E-state index contributed by atoms with van der Waals surface area (Å²) in [4.78, 5) is 0. The van der Waals surface area contributed by atoms with Gasteiger partial charge in [-0.2, -0.15) is 0 Å². The van der Waals surface area contributed by atoms with Gasteiger partial charge >= 0.3 is 0 Å². The van der Waals surface area contributed by atoms with E-state index in [-0.39, 0.29) is 12.4 Å². The molecule has 0 radical (unpaired) electrons. The molecule has 0 spiro atoms. The molecule has 3 fully saturated rings. The summed E-state index contributed by atoms with van der Waals surface area (Å²) in [5.74, 6) is 1.59. The lowest BCUT2D eigenvalue weighted by molar-refractivity contribution is -0.0336. The average Bonchev–Trinajstić information content (AvgIpc) is 1.93. The van der Waals surface area contributed by atoms with E-state index in [1.807, 2.05) is 0 Å². The summed E-state index contributed by atoms with van der Waals surface area (Å²) in [6.07, 6.45) is 2.52. The monoisotopic (exact) mass is 187 g/mol. The number of fused-ring (bicyclic) bond motifs is 2. The molecule has 2 heteroatoms. The highest BCUT2D eigenvalue weighted by atomic mass is 35.5. The van der Waals surface area contributed by atoms with Crippen molar-refractivity contribution in [3.63, 3.8) is 0 Å². The van der Waals surface area contributed by atoms with Gasteiger partial charge in [-0.25, -0.2) is 0 Å². The van der Waals surface area contributed by atoms with Crippen molar-refractivity contribution < 1.29 is 0 Å². The SMILES string of the molecule is C=C1C(N)C[C@H]2C[C@@H]1C2(C)C.Cl. The summed E-state index contributed by atoms with van der Waals surface area (Å²) >= 11 is 0. The van der Waals surface area contributed by atoms with Crippen molar-refractivity contribution in [3.8, 4) is 0 Å². The third-order valence-corrected chi connectivity index (χ3v) is 3.93. The van der Waals surface area contributed by atoms with E-state index in [0.29, 0.717) is 11.5 Å². The Hall–Kier alpha value is -0.0100. The summed E-state index contributed by atoms with van der Waals surface area (Å²) in [5, 5.41) is 0. The van der Waals surface area contributed by atoms with E-state index in [4.69, 9.17) is 5.73 Å². The first-order valence-corrected chi connectivity index (χ1v) is 4.47. The standard InChI is InChI=1S/C10H17N.ClH/c1-6-8-4-7(5-9(6)11)10(8,2)3;/h7-9H,1,4-5,11H2,2-3H3;1H/t7-,8+,9?;/m1./s1. The molecule has 3 aliphatic carbocycles. The Morgan fingerprint density at radius 3 is 2.33 bits per heavy atom. The van der Waals surface area contributed by atoms with Gasteiger partial charge in [-0.1, -0.05) is 26.0 Å². The second-order valence-corrected chi connectivity index (χ2v) is 4.72. The average molecular weight is 188 g/mol. The molecule has 0 heterocycles. The fraction of sp³-hybridized carbons (Fsp3) is 0.800. The summed E-state index contributed by atoms with van der Waals surface area (Å²) < 4.78 is 0. The number of rotatable bonds is 0. The van der Waals surface area contributed by atoms with Crippen LogP contribution in [0, 0.1) is 17.3 Å². The normalized spacial score (nSPS) is 42.9. The zero-order valence-electron chi connectivity index (χ0n) is 7.84. The molecule has 0 aromatic carbocycles. The quantitative estimate of drug-likeness (QED) is 0.579. The van der Waals surface area contributed by atoms with Crippen molar-refractivity contribution in [3.05, 3.63) is 12.2 Å². The van der Waals surface area contributed by atoms with Crippen LogP contribution in [-0.2, 0) is 0 Å². The van der Waals surface area contributed by atoms with Crippen LogP contribution in [0.5, 0.6) is 0 Å². The van der Waals surface area contributed by atoms with Crippen LogP contribution in [0.1, 0.15) is 26.7 Å². The van der Waals surface area contributed by atoms with Gasteiger partial charge in [-0.05, 0) is 30.1 Å². The molecule has 1 nitrogen and oxygen atoms in total. The van der Waals surface area contributed by atoms with Gasteiger partial charge in [-0.3, -0.25) is 0 Å². The molecule has 1 unspecified atom stereocenters. The van der Waals surface area contributed by atoms with Gasteiger partial charge in [0.05, 0.1) is 0 Å². The van der Waals surface area contributed by atoms with Crippen LogP contribution in [-0.4, -0.2) is 6.04 Å². The Morgan fingerprint density at radius 1 is 1.42 bits per heavy atom. The number of hydrogen-bond donors (Lipinski definition) is 1. The van der Waals surface area contributed by atoms with Crippen molar-refractivity contribution in [2.75, 3.05) is 0 Å². The highest BCUT2D eigenvalue weighted by molar-refractivity contribution is 5.85. The first kappa shape index (κ1) is 10.1. The Balaban J connectivity index is 0.000000720. The smallest absolute Gasteiger partial charge is 0.0256 e. The first-order valence-electron chi connectivity index (χ1n) is 4.47. The van der Waals surface area contributed by atoms with E-state index in [1.54, 1.807) is 0 Å². The van der Waals surface area contributed by atoms with Crippen molar-refractivity contribution in [1.29, 1.82) is 0 Å². The van der Waals surface area contributed by atoms with Gasteiger partial charge < -0.3 is 5.73 Å². The molecular weight excluding hydrogens is 170 g/mol. The summed E-state index contributed by atoms with van der Waals surface area (Å²) in [6, 6.07) is 0.298. The molecule has 0 aromatic heterocycles. The molecule has 0 saturated heterocycles. The third kappa shape index (κ3) is 1.03. The number of nitrogens with two attached hydrogens (primary N) is 1. The van der Waals surface area contributed by atoms with E-state index >= 15 is 0 Å². The lowest BCUT2D eigenvalue weighted by atomic mass is 9.46. The first-order chi connectivity index (χ1) is 5.03. The highest BCUT2D eigenvalue weighted by Crippen LogP contribution is 2.60. The molecule has 3 saturated carbocycles. The molecule has 70 valence electrons. The second kappa shape index (κ2) is 2.74. The van der Waals surface area contributed by atoms with E-state index in [1.165, 1.54) is 18.4 Å². The maximum absolute atomic E-state index is 5.92. The predicted molar refractivity (Wildman–Crippen MR) is 54.4 cm³/mol. The zero-order chi connectivity index (χ0) is 8.22. The Bertz CT molecular complexity index is 210. The molecule has 0 amide bonds. The molecule has 3 atom stereocenters. The largest absolute Gasteiger partial charge is 0.324 e. The maximum Gasteiger partial charge on any atom is 0.0256 e. The van der Waals surface area contributed by atoms with Crippen molar-refractivity contribution in [1.82, 2.24) is 0 Å². The molecule has 2 N–H and O–H groups in total. The van der Waals surface area contributed by atoms with Crippen LogP contribution < -0.4 is 5.73 Å². The molecule has 0 aromatic rings. The molecule has 2 bridgehead atoms. The van der Waals surface area contributed by atoms with Crippen LogP contribution in [0.25, 0.3) is 0 Å². The van der Waals surface area contributed by atoms with E-state index in [9.17, 15) is 0 Å². The van der Waals surface area contributed by atoms with E-state index < -0.39 is 0 Å². The molecular formula is C10H18ClN. The summed E-state index contributed by atoms with van der Waals surface area (Å²) in [7, 11) is 0. The Labute approximate surface area is 80.8 Å². The van der Waals surface area contributed by atoms with Crippen molar-refractivity contribution >= 4 is 12.4 Å². The molecule has 3 rings (SSSR count). The van der Waals surface area contributed by atoms with Gasteiger partial charge in [0.1, 0.15) is 0 Å². The van der Waals surface area contributed by atoms with Gasteiger partial charge in [-0.15, -0.1) is 12.4 Å².